The van der Waals surface area contributed by atoms with Crippen LogP contribution in [-0.2, 0) is 14.1 Å². The van der Waals surface area contributed by atoms with E-state index in [0.717, 1.165) is 9.13 Å². The second-order valence-corrected chi connectivity index (χ2v) is 8.14. The summed E-state index contributed by atoms with van der Waals surface area (Å²) in [6.07, 6.45) is 0. The molecule has 3 rings (SSSR count). The van der Waals surface area contributed by atoms with Crippen molar-refractivity contribution in [3.63, 3.8) is 0 Å². The van der Waals surface area contributed by atoms with Crippen LogP contribution in [0.1, 0.15) is 0 Å². The van der Waals surface area contributed by atoms with Crippen LogP contribution >= 0.6 is 0 Å². The van der Waals surface area contributed by atoms with Gasteiger partial charge in [-0.2, -0.15) is 0 Å². The predicted octanol–water partition coefficient (Wildman–Crippen LogP) is -2.34. The van der Waals surface area contributed by atoms with E-state index in [0.29, 0.717) is 17.0 Å². The zero-order valence-electron chi connectivity index (χ0n) is 9.34. The van der Waals surface area contributed by atoms with Crippen molar-refractivity contribution < 1.29 is 0 Å². The van der Waals surface area contributed by atoms with E-state index in [-0.39, 0.29) is 22.2 Å². The number of fused-ring (bicyclic) bond motifs is 2. The second kappa shape index (κ2) is 3.65. The quantitative estimate of drug-likeness (QED) is 0.412. The van der Waals surface area contributed by atoms with Gasteiger partial charge in [0.2, 0.25) is 0 Å². The molecule has 0 radical (unpaired) electrons. The standard InChI is InChI=1S/C10H6N2O4Se2/c1-11-7(13)3-4(8(11)14)18-6-5(17-3)9(15)12(2)10(6)16/h1-2H3. The van der Waals surface area contributed by atoms with E-state index >= 15 is 0 Å². The Balaban J connectivity index is 2.78. The van der Waals surface area contributed by atoms with Gasteiger partial charge in [-0.15, -0.1) is 0 Å². The van der Waals surface area contributed by atoms with Crippen LogP contribution in [0.15, 0.2) is 19.2 Å². The van der Waals surface area contributed by atoms with Gasteiger partial charge >= 0.3 is 111 Å². The predicted molar refractivity (Wildman–Crippen MR) is 69.5 cm³/mol. The van der Waals surface area contributed by atoms with Crippen LogP contribution in [0.5, 0.6) is 0 Å². The van der Waals surface area contributed by atoms with Crippen molar-refractivity contribution >= 4 is 46.0 Å². The Morgan fingerprint density at radius 2 is 0.833 bits per heavy atom. The van der Waals surface area contributed by atoms with Gasteiger partial charge in [0.05, 0.1) is 0 Å². The Bertz CT molecular complexity index is 862. The summed E-state index contributed by atoms with van der Waals surface area (Å²) in [4.78, 5) is 47.4. The first-order chi connectivity index (χ1) is 8.43. The molecule has 0 saturated heterocycles. The summed E-state index contributed by atoms with van der Waals surface area (Å²) in [6.45, 7) is 0. The van der Waals surface area contributed by atoms with E-state index in [9.17, 15) is 19.2 Å². The molecule has 0 atom stereocenters. The topological polar surface area (TPSA) is 78.1 Å². The number of hydrogen-bond donors (Lipinski definition) is 0. The summed E-state index contributed by atoms with van der Waals surface area (Å²) >= 11 is -1.06. The summed E-state index contributed by atoms with van der Waals surface area (Å²) in [5.41, 5.74) is -1.28. The van der Waals surface area contributed by atoms with Crippen LogP contribution in [0.2, 0.25) is 0 Å². The molecule has 0 unspecified atom stereocenters. The molecule has 6 nitrogen and oxygen atoms in total. The molecule has 0 spiro atoms. The van der Waals surface area contributed by atoms with Crippen molar-refractivity contribution in [2.75, 3.05) is 0 Å². The Hall–Kier alpha value is -1.20. The average Bonchev–Trinajstić information content (AvgIpc) is 2.71. The van der Waals surface area contributed by atoms with Crippen molar-refractivity contribution in [1.82, 2.24) is 9.13 Å². The fourth-order valence-corrected chi connectivity index (χ4v) is 7.81. The SMILES string of the molecule is Cn1c(=O)c2[se]c3c(=O)n(C)c(=O)c3[se]c2c1=O. The molecular weight excluding hydrogens is 370 g/mol. The fraction of sp³-hybridized carbons (Fsp3) is 0.200. The van der Waals surface area contributed by atoms with Crippen molar-refractivity contribution in [3.05, 3.63) is 41.4 Å². The zero-order chi connectivity index (χ0) is 13.2. The molecule has 8 heteroatoms. The van der Waals surface area contributed by atoms with Crippen LogP contribution < -0.4 is 22.2 Å². The number of nitrogens with zero attached hydrogens (tertiary/aromatic N) is 2. The van der Waals surface area contributed by atoms with Gasteiger partial charge in [0.25, 0.3) is 0 Å². The maximum absolute atomic E-state index is 11.8. The first kappa shape index (κ1) is 11.9. The molecule has 3 aromatic heterocycles. The first-order valence-corrected chi connectivity index (χ1v) is 8.35. The molecule has 92 valence electrons. The molecule has 3 heterocycles. The van der Waals surface area contributed by atoms with Crippen molar-refractivity contribution in [3.8, 4) is 0 Å². The Morgan fingerprint density at radius 1 is 0.611 bits per heavy atom. The molecule has 0 bridgehead atoms. The van der Waals surface area contributed by atoms with Crippen molar-refractivity contribution in [2.45, 2.75) is 0 Å². The maximum atomic E-state index is 11.8. The van der Waals surface area contributed by atoms with E-state index in [4.69, 9.17) is 0 Å². The summed E-state index contributed by atoms with van der Waals surface area (Å²) in [5.74, 6) is 0. The summed E-state index contributed by atoms with van der Waals surface area (Å²) in [6, 6.07) is 0. The molecule has 0 aliphatic carbocycles. The minimum absolute atomic E-state index is 0.321. The third-order valence-corrected chi connectivity index (χ3v) is 9.02. The number of aromatic nitrogens is 2. The van der Waals surface area contributed by atoms with Crippen LogP contribution in [0, 0.1) is 0 Å². The van der Waals surface area contributed by atoms with Crippen LogP contribution in [0.4, 0.5) is 0 Å². The molecular formula is C10H6N2O4Se2. The van der Waals surface area contributed by atoms with Crippen LogP contribution in [0.3, 0.4) is 0 Å². The van der Waals surface area contributed by atoms with Gasteiger partial charge in [-0.1, -0.05) is 0 Å². The molecule has 0 fully saturated rings. The van der Waals surface area contributed by atoms with Gasteiger partial charge < -0.3 is 0 Å². The van der Waals surface area contributed by atoms with Crippen molar-refractivity contribution in [1.29, 1.82) is 0 Å². The molecule has 3 aromatic rings. The second-order valence-electron chi connectivity index (χ2n) is 3.86. The molecule has 18 heavy (non-hydrogen) atoms. The molecule has 0 aliphatic rings. The third-order valence-electron chi connectivity index (χ3n) is 2.82. The first-order valence-electron chi connectivity index (χ1n) is 4.92. The Labute approximate surface area is 111 Å². The van der Waals surface area contributed by atoms with Gasteiger partial charge in [-0.05, 0) is 0 Å². The molecule has 0 N–H and O–H groups in total. The fourth-order valence-electron chi connectivity index (χ4n) is 1.75. The number of hydrogen-bond acceptors (Lipinski definition) is 4. The average molecular weight is 376 g/mol. The molecule has 0 saturated carbocycles. The Kier molecular flexibility index (Phi) is 2.40. The van der Waals surface area contributed by atoms with Crippen molar-refractivity contribution in [2.24, 2.45) is 14.1 Å². The molecule has 0 aliphatic heterocycles. The van der Waals surface area contributed by atoms with E-state index in [2.05, 4.69) is 0 Å². The monoisotopic (exact) mass is 378 g/mol. The molecule has 0 amide bonds. The van der Waals surface area contributed by atoms with Crippen LogP contribution in [0.25, 0.3) is 17.0 Å². The van der Waals surface area contributed by atoms with E-state index in [1.54, 1.807) is 0 Å². The third kappa shape index (κ3) is 1.29. The zero-order valence-corrected chi connectivity index (χ0v) is 12.8. The normalized spacial score (nSPS) is 11.7. The number of rotatable bonds is 0. The van der Waals surface area contributed by atoms with Gasteiger partial charge in [0.15, 0.2) is 0 Å². The minimum atomic E-state index is -0.528. The summed E-state index contributed by atoms with van der Waals surface area (Å²) in [7, 11) is 2.85. The van der Waals surface area contributed by atoms with E-state index < -0.39 is 29.0 Å². The van der Waals surface area contributed by atoms with E-state index in [1.165, 1.54) is 14.1 Å². The summed E-state index contributed by atoms with van der Waals surface area (Å²) < 4.78 is 3.93. The van der Waals surface area contributed by atoms with Gasteiger partial charge in [-0.25, -0.2) is 0 Å². The summed E-state index contributed by atoms with van der Waals surface area (Å²) in [5, 5.41) is 0. The van der Waals surface area contributed by atoms with Gasteiger partial charge in [-0.3, -0.25) is 0 Å². The molecule has 0 aromatic carbocycles. The van der Waals surface area contributed by atoms with Crippen LogP contribution in [-0.4, -0.2) is 38.1 Å². The van der Waals surface area contributed by atoms with Gasteiger partial charge in [0, 0.05) is 0 Å². The van der Waals surface area contributed by atoms with E-state index in [1.807, 2.05) is 0 Å². The Morgan fingerprint density at radius 3 is 1.06 bits per heavy atom. The van der Waals surface area contributed by atoms with Gasteiger partial charge in [0.1, 0.15) is 0 Å².